The molecule has 0 saturated carbocycles. The first-order valence-corrected chi connectivity index (χ1v) is 9.51. The van der Waals surface area contributed by atoms with E-state index in [1.807, 2.05) is 18.7 Å². The van der Waals surface area contributed by atoms with Gasteiger partial charge >= 0.3 is 12.2 Å². The Balaban J connectivity index is 1.70. The molecule has 29 heavy (non-hydrogen) atoms. The van der Waals surface area contributed by atoms with Crippen molar-refractivity contribution in [2.24, 2.45) is 5.92 Å². The van der Waals surface area contributed by atoms with Crippen molar-refractivity contribution in [1.82, 2.24) is 14.9 Å². The van der Waals surface area contributed by atoms with E-state index in [1.165, 1.54) is 12.1 Å². The van der Waals surface area contributed by atoms with Gasteiger partial charge in [0.2, 0.25) is 5.28 Å². The largest absolute Gasteiger partial charge is 0.416 e. The molecule has 0 aliphatic carbocycles. The van der Waals surface area contributed by atoms with Crippen molar-refractivity contribution in [3.63, 3.8) is 0 Å². The summed E-state index contributed by atoms with van der Waals surface area (Å²) in [4.78, 5) is 24.6. The van der Waals surface area contributed by atoms with Crippen LogP contribution in [-0.4, -0.2) is 46.6 Å². The van der Waals surface area contributed by atoms with Crippen molar-refractivity contribution < 1.29 is 18.0 Å². The first kappa shape index (κ1) is 21.2. The maximum Gasteiger partial charge on any atom is 0.416 e. The Morgan fingerprint density at radius 2 is 1.90 bits per heavy atom. The van der Waals surface area contributed by atoms with Crippen LogP contribution in [-0.2, 0) is 6.18 Å². The molecule has 1 N–H and O–H groups in total. The topological polar surface area (TPSA) is 61.4 Å². The molecule has 3 rings (SSSR count). The van der Waals surface area contributed by atoms with Gasteiger partial charge in [0.15, 0.2) is 0 Å². The van der Waals surface area contributed by atoms with Crippen molar-refractivity contribution in [2.75, 3.05) is 29.9 Å². The number of hydrogen-bond acceptors (Lipinski definition) is 4. The molecular formula is C19H21ClF3N5O. The highest BCUT2D eigenvalue weighted by Gasteiger charge is 2.33. The highest BCUT2D eigenvalue weighted by Crippen LogP contribution is 2.30. The molecule has 1 saturated heterocycles. The maximum absolute atomic E-state index is 12.8. The third-order valence-electron chi connectivity index (χ3n) is 4.85. The fraction of sp³-hybridized carbons (Fsp3) is 0.421. The SMILES string of the molecule is CC(C)C1CN(c2ccnc(Cl)n2)CCN1C(=O)Nc1ccc(C(F)(F)F)cc1. The molecular weight excluding hydrogens is 407 g/mol. The zero-order valence-corrected chi connectivity index (χ0v) is 16.7. The monoisotopic (exact) mass is 427 g/mol. The van der Waals surface area contributed by atoms with Crippen LogP contribution in [0.2, 0.25) is 5.28 Å². The Morgan fingerprint density at radius 3 is 2.48 bits per heavy atom. The smallest absolute Gasteiger partial charge is 0.353 e. The summed E-state index contributed by atoms with van der Waals surface area (Å²) in [6.07, 6.45) is -2.83. The van der Waals surface area contributed by atoms with E-state index in [-0.39, 0.29) is 23.3 Å². The lowest BCUT2D eigenvalue weighted by molar-refractivity contribution is -0.137. The van der Waals surface area contributed by atoms with Gasteiger partial charge in [-0.05, 0) is 47.9 Å². The summed E-state index contributed by atoms with van der Waals surface area (Å²) in [5, 5.41) is 2.85. The van der Waals surface area contributed by atoms with E-state index in [1.54, 1.807) is 17.2 Å². The van der Waals surface area contributed by atoms with Gasteiger partial charge in [0.25, 0.3) is 0 Å². The van der Waals surface area contributed by atoms with Crippen molar-refractivity contribution in [2.45, 2.75) is 26.1 Å². The van der Waals surface area contributed by atoms with E-state index < -0.39 is 11.7 Å². The maximum atomic E-state index is 12.8. The van der Waals surface area contributed by atoms with Crippen molar-refractivity contribution in [1.29, 1.82) is 0 Å². The molecule has 1 unspecified atom stereocenters. The molecule has 1 fully saturated rings. The van der Waals surface area contributed by atoms with Crippen molar-refractivity contribution in [3.8, 4) is 0 Å². The van der Waals surface area contributed by atoms with E-state index >= 15 is 0 Å². The number of alkyl halides is 3. The molecule has 1 atom stereocenters. The van der Waals surface area contributed by atoms with Crippen molar-refractivity contribution >= 4 is 29.1 Å². The minimum atomic E-state index is -4.41. The first-order chi connectivity index (χ1) is 13.6. The molecule has 1 aromatic heterocycles. The fourth-order valence-electron chi connectivity index (χ4n) is 3.28. The molecule has 1 aliphatic heterocycles. The van der Waals surface area contributed by atoms with E-state index in [2.05, 4.69) is 15.3 Å². The standard InChI is InChI=1S/C19H21ClF3N5O/c1-12(2)15-11-27(16-7-8-24-17(20)26-16)9-10-28(15)18(29)25-14-5-3-13(4-6-14)19(21,22)23/h3-8,12,15H,9-11H2,1-2H3,(H,25,29). The Bertz CT molecular complexity index is 860. The number of anilines is 2. The Kier molecular flexibility index (Phi) is 6.16. The average molecular weight is 428 g/mol. The van der Waals surface area contributed by atoms with Gasteiger partial charge < -0.3 is 15.1 Å². The number of rotatable bonds is 3. The van der Waals surface area contributed by atoms with Gasteiger partial charge in [-0.1, -0.05) is 13.8 Å². The van der Waals surface area contributed by atoms with Gasteiger partial charge in [-0.25, -0.2) is 14.8 Å². The van der Waals surface area contributed by atoms with Gasteiger partial charge in [-0.3, -0.25) is 0 Å². The van der Waals surface area contributed by atoms with Gasteiger partial charge in [0, 0.05) is 31.5 Å². The molecule has 156 valence electrons. The number of aromatic nitrogens is 2. The second-order valence-electron chi connectivity index (χ2n) is 7.14. The van der Waals surface area contributed by atoms with Crippen LogP contribution in [0.1, 0.15) is 19.4 Å². The minimum Gasteiger partial charge on any atom is -0.353 e. The number of halogens is 4. The predicted molar refractivity (Wildman–Crippen MR) is 105 cm³/mol. The highest BCUT2D eigenvalue weighted by atomic mass is 35.5. The summed E-state index contributed by atoms with van der Waals surface area (Å²) in [6.45, 7) is 5.58. The quantitative estimate of drug-likeness (QED) is 0.731. The average Bonchev–Trinajstić information content (AvgIpc) is 2.67. The number of amides is 2. The van der Waals surface area contributed by atoms with E-state index in [4.69, 9.17) is 11.6 Å². The number of benzene rings is 1. The molecule has 10 heteroatoms. The van der Waals surface area contributed by atoms with Crippen LogP contribution in [0.25, 0.3) is 0 Å². The number of carbonyl (C=O) groups is 1. The zero-order valence-electron chi connectivity index (χ0n) is 15.9. The van der Waals surface area contributed by atoms with Gasteiger partial charge in [-0.2, -0.15) is 13.2 Å². The van der Waals surface area contributed by atoms with Crippen molar-refractivity contribution in [3.05, 3.63) is 47.4 Å². The van der Waals surface area contributed by atoms with Gasteiger partial charge in [0.1, 0.15) is 5.82 Å². The molecule has 0 bridgehead atoms. The van der Waals surface area contributed by atoms with Crippen LogP contribution in [0.4, 0.5) is 29.5 Å². The first-order valence-electron chi connectivity index (χ1n) is 9.13. The summed E-state index contributed by atoms with van der Waals surface area (Å²) >= 11 is 5.88. The second kappa shape index (κ2) is 8.44. The van der Waals surface area contributed by atoms with Crippen LogP contribution in [0, 0.1) is 5.92 Å². The number of hydrogen-bond donors (Lipinski definition) is 1. The normalized spacial score (nSPS) is 17.6. The molecule has 6 nitrogen and oxygen atoms in total. The Hall–Kier alpha value is -2.55. The predicted octanol–water partition coefficient (Wildman–Crippen LogP) is 4.53. The van der Waals surface area contributed by atoms with Crippen LogP contribution in [0.5, 0.6) is 0 Å². The third kappa shape index (κ3) is 5.09. The molecule has 2 heterocycles. The summed E-state index contributed by atoms with van der Waals surface area (Å²) < 4.78 is 38.1. The second-order valence-corrected chi connectivity index (χ2v) is 7.48. The number of carbonyl (C=O) groups excluding carboxylic acids is 1. The van der Waals surface area contributed by atoms with E-state index in [0.29, 0.717) is 31.1 Å². The Morgan fingerprint density at radius 1 is 1.21 bits per heavy atom. The van der Waals surface area contributed by atoms with Crippen LogP contribution < -0.4 is 10.2 Å². The lowest BCUT2D eigenvalue weighted by Gasteiger charge is -2.43. The molecule has 0 spiro atoms. The third-order valence-corrected chi connectivity index (χ3v) is 5.03. The summed E-state index contributed by atoms with van der Waals surface area (Å²) in [6, 6.07) is 5.73. The highest BCUT2D eigenvalue weighted by molar-refractivity contribution is 6.28. The number of piperazine rings is 1. The molecule has 0 radical (unpaired) electrons. The molecule has 1 aromatic carbocycles. The number of nitrogens with zero attached hydrogens (tertiary/aromatic N) is 4. The lowest BCUT2D eigenvalue weighted by Crippen LogP contribution is -2.58. The Labute approximate surface area is 171 Å². The fourth-order valence-corrected chi connectivity index (χ4v) is 3.42. The lowest BCUT2D eigenvalue weighted by atomic mass is 10.00. The summed E-state index contributed by atoms with van der Waals surface area (Å²) in [5.74, 6) is 0.854. The van der Waals surface area contributed by atoms with Gasteiger partial charge in [0.05, 0.1) is 11.6 Å². The van der Waals surface area contributed by atoms with Gasteiger partial charge in [-0.15, -0.1) is 0 Å². The zero-order chi connectivity index (χ0) is 21.2. The summed E-state index contributed by atoms with van der Waals surface area (Å²) in [7, 11) is 0. The molecule has 2 amide bonds. The number of nitrogens with one attached hydrogen (secondary N) is 1. The summed E-state index contributed by atoms with van der Waals surface area (Å²) in [5.41, 5.74) is -0.441. The molecule has 1 aliphatic rings. The molecule has 2 aromatic rings. The number of urea groups is 1. The van der Waals surface area contributed by atoms with E-state index in [0.717, 1.165) is 12.1 Å². The minimum absolute atomic E-state index is 0.105. The van der Waals surface area contributed by atoms with Crippen LogP contribution in [0.3, 0.4) is 0 Å². The van der Waals surface area contributed by atoms with E-state index in [9.17, 15) is 18.0 Å². The van der Waals surface area contributed by atoms with Crippen LogP contribution >= 0.6 is 11.6 Å². The van der Waals surface area contributed by atoms with Crippen LogP contribution in [0.15, 0.2) is 36.5 Å².